The Morgan fingerprint density at radius 2 is 2.00 bits per heavy atom. The maximum Gasteiger partial charge on any atom is 0.155 e. The molecule has 3 aromatic rings. The molecule has 21 heavy (non-hydrogen) atoms. The van der Waals surface area contributed by atoms with Crippen molar-refractivity contribution in [1.29, 1.82) is 0 Å². The van der Waals surface area contributed by atoms with Gasteiger partial charge in [-0.25, -0.2) is 9.97 Å². The van der Waals surface area contributed by atoms with Crippen LogP contribution in [0.25, 0.3) is 5.65 Å². The molecule has 0 saturated heterocycles. The largest absolute Gasteiger partial charge is 0.492 e. The zero-order valence-corrected chi connectivity index (χ0v) is 13.0. The summed E-state index contributed by atoms with van der Waals surface area (Å²) in [4.78, 5) is 8.47. The van der Waals surface area contributed by atoms with Crippen molar-refractivity contribution in [2.75, 3.05) is 13.2 Å². The maximum atomic E-state index is 5.63. The minimum atomic E-state index is 0.631. The molecular formula is C15H15BrN4O. The highest BCUT2D eigenvalue weighted by Crippen LogP contribution is 2.10. The molecule has 0 saturated carbocycles. The van der Waals surface area contributed by atoms with Gasteiger partial charge in [0.15, 0.2) is 5.65 Å². The number of hydrogen-bond acceptors (Lipinski definition) is 4. The first-order valence-electron chi connectivity index (χ1n) is 6.69. The topological polar surface area (TPSA) is 51.5 Å². The summed E-state index contributed by atoms with van der Waals surface area (Å²) in [5.41, 5.74) is 1.93. The Hall–Kier alpha value is -1.92. The third kappa shape index (κ3) is 3.59. The first-order chi connectivity index (χ1) is 10.3. The zero-order chi connectivity index (χ0) is 14.5. The van der Waals surface area contributed by atoms with Crippen molar-refractivity contribution in [1.82, 2.24) is 19.7 Å². The molecule has 6 heteroatoms. The van der Waals surface area contributed by atoms with Crippen LogP contribution in [0, 0.1) is 0 Å². The van der Waals surface area contributed by atoms with Crippen molar-refractivity contribution in [3.8, 4) is 5.75 Å². The molecule has 1 aromatic carbocycles. The first-order valence-corrected chi connectivity index (χ1v) is 7.48. The van der Waals surface area contributed by atoms with Crippen molar-refractivity contribution in [3.63, 3.8) is 0 Å². The lowest BCUT2D eigenvalue weighted by Crippen LogP contribution is -2.21. The maximum absolute atomic E-state index is 5.63. The second-order valence-electron chi connectivity index (χ2n) is 4.53. The van der Waals surface area contributed by atoms with Gasteiger partial charge in [-0.3, -0.25) is 4.40 Å². The third-order valence-corrected chi connectivity index (χ3v) is 3.45. The number of nitrogens with one attached hydrogen (secondary N) is 1. The van der Waals surface area contributed by atoms with Gasteiger partial charge in [0.1, 0.15) is 17.0 Å². The number of fused-ring (bicyclic) bond motifs is 1. The molecule has 0 spiro atoms. The van der Waals surface area contributed by atoms with E-state index < -0.39 is 0 Å². The summed E-state index contributed by atoms with van der Waals surface area (Å²) in [6.45, 7) is 2.14. The smallest absolute Gasteiger partial charge is 0.155 e. The Morgan fingerprint density at radius 1 is 1.14 bits per heavy atom. The molecule has 2 heterocycles. The highest BCUT2D eigenvalue weighted by Gasteiger charge is 2.03. The number of aromatic nitrogens is 3. The lowest BCUT2D eigenvalue weighted by molar-refractivity contribution is 0.313. The summed E-state index contributed by atoms with van der Waals surface area (Å²) in [6, 6.07) is 9.81. The highest BCUT2D eigenvalue weighted by molar-refractivity contribution is 9.10. The van der Waals surface area contributed by atoms with E-state index in [0.29, 0.717) is 6.61 Å². The molecule has 108 valence electrons. The molecule has 0 radical (unpaired) electrons. The van der Waals surface area contributed by atoms with Crippen LogP contribution >= 0.6 is 15.9 Å². The first kappa shape index (κ1) is 14.0. The molecular weight excluding hydrogens is 332 g/mol. The van der Waals surface area contributed by atoms with Gasteiger partial charge in [0.2, 0.25) is 0 Å². The molecule has 2 aromatic heterocycles. The number of benzene rings is 1. The molecule has 5 nitrogen and oxygen atoms in total. The average Bonchev–Trinajstić information content (AvgIpc) is 2.90. The number of halogens is 1. The van der Waals surface area contributed by atoms with Gasteiger partial charge in [0.05, 0.1) is 18.1 Å². The number of ether oxygens (including phenoxy) is 1. The van der Waals surface area contributed by atoms with Crippen LogP contribution in [-0.4, -0.2) is 27.5 Å². The predicted molar refractivity (Wildman–Crippen MR) is 84.3 cm³/mol. The van der Waals surface area contributed by atoms with Crippen LogP contribution in [0.4, 0.5) is 0 Å². The lowest BCUT2D eigenvalue weighted by Gasteiger charge is -2.07. The molecule has 0 bridgehead atoms. The molecule has 0 aliphatic rings. The second kappa shape index (κ2) is 6.69. The SMILES string of the molecule is Brc1cn2c(CNCCOc3ccccc3)cnc2cn1. The molecule has 0 aliphatic heterocycles. The molecule has 0 fully saturated rings. The van der Waals surface area contributed by atoms with Gasteiger partial charge in [-0.1, -0.05) is 18.2 Å². The number of para-hydroxylation sites is 1. The summed E-state index contributed by atoms with van der Waals surface area (Å²) < 4.78 is 8.44. The van der Waals surface area contributed by atoms with Crippen LogP contribution < -0.4 is 10.1 Å². The van der Waals surface area contributed by atoms with Crippen molar-refractivity contribution < 1.29 is 4.74 Å². The average molecular weight is 347 g/mol. The quantitative estimate of drug-likeness (QED) is 0.697. The molecule has 0 atom stereocenters. The van der Waals surface area contributed by atoms with E-state index in [4.69, 9.17) is 4.74 Å². The van der Waals surface area contributed by atoms with Crippen molar-refractivity contribution in [2.24, 2.45) is 0 Å². The van der Waals surface area contributed by atoms with Gasteiger partial charge in [-0.2, -0.15) is 0 Å². The fourth-order valence-corrected chi connectivity index (χ4v) is 2.33. The van der Waals surface area contributed by atoms with Crippen LogP contribution in [0.3, 0.4) is 0 Å². The molecule has 0 amide bonds. The summed E-state index contributed by atoms with van der Waals surface area (Å²) in [7, 11) is 0. The second-order valence-corrected chi connectivity index (χ2v) is 5.34. The molecule has 1 N–H and O–H groups in total. The van der Waals surface area contributed by atoms with E-state index >= 15 is 0 Å². The van der Waals surface area contributed by atoms with Gasteiger partial charge in [0, 0.05) is 19.3 Å². The van der Waals surface area contributed by atoms with E-state index in [2.05, 4.69) is 31.2 Å². The minimum absolute atomic E-state index is 0.631. The fourth-order valence-electron chi connectivity index (χ4n) is 2.02. The van der Waals surface area contributed by atoms with Crippen LogP contribution in [0.5, 0.6) is 5.75 Å². The van der Waals surface area contributed by atoms with Crippen molar-refractivity contribution in [3.05, 3.63) is 59.2 Å². The van der Waals surface area contributed by atoms with Crippen LogP contribution in [-0.2, 0) is 6.54 Å². The summed E-state index contributed by atoms with van der Waals surface area (Å²) in [5, 5.41) is 3.35. The van der Waals surface area contributed by atoms with Gasteiger partial charge in [-0.15, -0.1) is 0 Å². The van der Waals surface area contributed by atoms with E-state index in [1.165, 1.54) is 0 Å². The summed E-state index contributed by atoms with van der Waals surface area (Å²) >= 11 is 3.37. The van der Waals surface area contributed by atoms with Crippen LogP contribution in [0.15, 0.2) is 53.5 Å². The van der Waals surface area contributed by atoms with E-state index in [9.17, 15) is 0 Å². The summed E-state index contributed by atoms with van der Waals surface area (Å²) in [6.07, 6.45) is 5.51. The van der Waals surface area contributed by atoms with E-state index in [1.807, 2.05) is 47.1 Å². The van der Waals surface area contributed by atoms with Gasteiger partial charge in [-0.05, 0) is 28.1 Å². The van der Waals surface area contributed by atoms with Crippen LogP contribution in [0.1, 0.15) is 5.69 Å². The van der Waals surface area contributed by atoms with Crippen molar-refractivity contribution in [2.45, 2.75) is 6.54 Å². The molecule has 0 unspecified atom stereocenters. The number of hydrogen-bond donors (Lipinski definition) is 1. The monoisotopic (exact) mass is 346 g/mol. The number of rotatable bonds is 6. The Labute approximate surface area is 131 Å². The van der Waals surface area contributed by atoms with E-state index in [0.717, 1.165) is 34.8 Å². The standard InChI is InChI=1S/C15H15BrN4O/c16-14-11-20-12(9-19-15(20)10-18-14)8-17-6-7-21-13-4-2-1-3-5-13/h1-5,9-11,17H,6-8H2. The number of imidazole rings is 1. The number of nitrogens with zero attached hydrogens (tertiary/aromatic N) is 3. The third-order valence-electron chi connectivity index (χ3n) is 3.04. The van der Waals surface area contributed by atoms with Crippen molar-refractivity contribution >= 4 is 21.6 Å². The highest BCUT2D eigenvalue weighted by atomic mass is 79.9. The predicted octanol–water partition coefficient (Wildman–Crippen LogP) is 2.66. The normalized spacial score (nSPS) is 10.9. The minimum Gasteiger partial charge on any atom is -0.492 e. The summed E-state index contributed by atoms with van der Waals surface area (Å²) in [5.74, 6) is 0.893. The van der Waals surface area contributed by atoms with Gasteiger partial charge >= 0.3 is 0 Å². The molecule has 0 aliphatic carbocycles. The lowest BCUT2D eigenvalue weighted by atomic mass is 10.3. The molecule has 3 rings (SSSR count). The Kier molecular flexibility index (Phi) is 4.47. The van der Waals surface area contributed by atoms with E-state index in [-0.39, 0.29) is 0 Å². The van der Waals surface area contributed by atoms with E-state index in [1.54, 1.807) is 6.20 Å². The zero-order valence-electron chi connectivity index (χ0n) is 11.4. The Bertz CT molecular complexity index is 714. The Balaban J connectivity index is 1.49. The van der Waals surface area contributed by atoms with Crippen LogP contribution in [0.2, 0.25) is 0 Å². The van der Waals surface area contributed by atoms with Gasteiger partial charge in [0.25, 0.3) is 0 Å². The Morgan fingerprint density at radius 3 is 2.86 bits per heavy atom. The van der Waals surface area contributed by atoms with Gasteiger partial charge < -0.3 is 10.1 Å². The fraction of sp³-hybridized carbons (Fsp3) is 0.200.